The normalized spacial score (nSPS) is 10.6. The molecule has 3 nitrogen and oxygen atoms in total. The Kier molecular flexibility index (Phi) is 3.88. The van der Waals surface area contributed by atoms with Crippen molar-refractivity contribution >= 4 is 22.9 Å². The molecule has 0 atom stereocenters. The maximum Gasteiger partial charge on any atom is 0.143 e. The Balaban J connectivity index is 2.22. The molecule has 0 spiro atoms. The Hall–Kier alpha value is -0.970. The Labute approximate surface area is 104 Å². The van der Waals surface area contributed by atoms with Gasteiger partial charge in [-0.15, -0.1) is 11.3 Å². The predicted molar refractivity (Wildman–Crippen MR) is 67.7 cm³/mol. The number of thiazole rings is 1. The van der Waals surface area contributed by atoms with Crippen molar-refractivity contribution in [1.82, 2.24) is 15.3 Å². The van der Waals surface area contributed by atoms with Crippen LogP contribution in [0.1, 0.15) is 12.6 Å². The molecule has 0 radical (unpaired) electrons. The molecule has 5 heteroatoms. The summed E-state index contributed by atoms with van der Waals surface area (Å²) in [6.45, 7) is 3.80. The molecule has 2 heterocycles. The van der Waals surface area contributed by atoms with Crippen LogP contribution in [0.15, 0.2) is 23.7 Å². The van der Waals surface area contributed by atoms with Gasteiger partial charge in [-0.1, -0.05) is 18.5 Å². The maximum atomic E-state index is 6.06. The van der Waals surface area contributed by atoms with Crippen LogP contribution in [-0.2, 0) is 6.54 Å². The van der Waals surface area contributed by atoms with Crippen molar-refractivity contribution in [3.8, 4) is 10.7 Å². The SMILES string of the molecule is CCNCc1csc(-c2ncccc2Cl)n1. The highest BCUT2D eigenvalue weighted by Gasteiger charge is 2.08. The summed E-state index contributed by atoms with van der Waals surface area (Å²) in [6.07, 6.45) is 1.73. The van der Waals surface area contributed by atoms with Crippen molar-refractivity contribution in [3.05, 3.63) is 34.4 Å². The number of hydrogen-bond acceptors (Lipinski definition) is 4. The minimum Gasteiger partial charge on any atom is -0.311 e. The average molecular weight is 254 g/mol. The van der Waals surface area contributed by atoms with Gasteiger partial charge in [0.05, 0.1) is 10.7 Å². The van der Waals surface area contributed by atoms with Gasteiger partial charge in [-0.05, 0) is 18.7 Å². The van der Waals surface area contributed by atoms with E-state index >= 15 is 0 Å². The van der Waals surface area contributed by atoms with E-state index in [4.69, 9.17) is 11.6 Å². The average Bonchev–Trinajstić information content (AvgIpc) is 2.75. The number of nitrogens with one attached hydrogen (secondary N) is 1. The lowest BCUT2D eigenvalue weighted by molar-refractivity contribution is 0.714. The van der Waals surface area contributed by atoms with E-state index in [9.17, 15) is 0 Å². The summed E-state index contributed by atoms with van der Waals surface area (Å²) in [5.41, 5.74) is 1.79. The van der Waals surface area contributed by atoms with Crippen LogP contribution in [0, 0.1) is 0 Å². The first-order valence-electron chi connectivity index (χ1n) is 5.07. The quantitative estimate of drug-likeness (QED) is 0.910. The van der Waals surface area contributed by atoms with Gasteiger partial charge in [0.2, 0.25) is 0 Å². The van der Waals surface area contributed by atoms with Crippen LogP contribution in [-0.4, -0.2) is 16.5 Å². The van der Waals surface area contributed by atoms with E-state index in [-0.39, 0.29) is 0 Å². The summed E-state index contributed by atoms with van der Waals surface area (Å²) in [5, 5.41) is 6.78. The summed E-state index contributed by atoms with van der Waals surface area (Å²) < 4.78 is 0. The molecule has 84 valence electrons. The smallest absolute Gasteiger partial charge is 0.143 e. The van der Waals surface area contributed by atoms with E-state index in [0.29, 0.717) is 5.02 Å². The highest BCUT2D eigenvalue weighted by molar-refractivity contribution is 7.13. The monoisotopic (exact) mass is 253 g/mol. The van der Waals surface area contributed by atoms with Gasteiger partial charge < -0.3 is 5.32 Å². The van der Waals surface area contributed by atoms with Crippen LogP contribution in [0.2, 0.25) is 5.02 Å². The predicted octanol–water partition coefficient (Wildman–Crippen LogP) is 2.97. The molecule has 2 aromatic rings. The molecule has 0 aromatic carbocycles. The number of nitrogens with zero attached hydrogens (tertiary/aromatic N) is 2. The topological polar surface area (TPSA) is 37.8 Å². The second-order valence-corrected chi connectivity index (χ2v) is 4.52. The Morgan fingerprint density at radius 2 is 2.38 bits per heavy atom. The molecule has 0 saturated carbocycles. The number of rotatable bonds is 4. The van der Waals surface area contributed by atoms with E-state index in [2.05, 4.69) is 22.2 Å². The van der Waals surface area contributed by atoms with Gasteiger partial charge in [-0.3, -0.25) is 4.98 Å². The molecule has 1 N–H and O–H groups in total. The zero-order chi connectivity index (χ0) is 11.4. The molecular weight excluding hydrogens is 242 g/mol. The van der Waals surface area contributed by atoms with Gasteiger partial charge in [-0.25, -0.2) is 4.98 Å². The third-order valence-electron chi connectivity index (χ3n) is 2.07. The van der Waals surface area contributed by atoms with E-state index in [0.717, 1.165) is 29.5 Å². The first-order valence-corrected chi connectivity index (χ1v) is 6.33. The van der Waals surface area contributed by atoms with Gasteiger partial charge in [0.15, 0.2) is 0 Å². The Morgan fingerprint density at radius 3 is 3.12 bits per heavy atom. The second kappa shape index (κ2) is 5.39. The highest BCUT2D eigenvalue weighted by atomic mass is 35.5. The lowest BCUT2D eigenvalue weighted by Gasteiger charge is -1.98. The van der Waals surface area contributed by atoms with E-state index in [1.807, 2.05) is 17.5 Å². The molecule has 0 fully saturated rings. The highest BCUT2D eigenvalue weighted by Crippen LogP contribution is 2.27. The van der Waals surface area contributed by atoms with Crippen molar-refractivity contribution < 1.29 is 0 Å². The molecule has 0 amide bonds. The summed E-state index contributed by atoms with van der Waals surface area (Å²) in [5.74, 6) is 0. The molecule has 2 aromatic heterocycles. The lowest BCUT2D eigenvalue weighted by atomic mass is 10.3. The van der Waals surface area contributed by atoms with Crippen molar-refractivity contribution in [2.75, 3.05) is 6.54 Å². The van der Waals surface area contributed by atoms with E-state index in [1.54, 1.807) is 17.5 Å². The fraction of sp³-hybridized carbons (Fsp3) is 0.273. The fourth-order valence-corrected chi connectivity index (χ4v) is 2.39. The minimum absolute atomic E-state index is 0.645. The van der Waals surface area contributed by atoms with Gasteiger partial charge in [0.25, 0.3) is 0 Å². The minimum atomic E-state index is 0.645. The standard InChI is InChI=1S/C11H12ClN3S/c1-2-13-6-8-7-16-11(15-8)10-9(12)4-3-5-14-10/h3-5,7,13H,2,6H2,1H3. The molecule has 0 aliphatic carbocycles. The summed E-state index contributed by atoms with van der Waals surface area (Å²) >= 11 is 7.63. The van der Waals surface area contributed by atoms with Crippen molar-refractivity contribution in [1.29, 1.82) is 0 Å². The number of aromatic nitrogens is 2. The van der Waals surface area contributed by atoms with Crippen LogP contribution < -0.4 is 5.32 Å². The van der Waals surface area contributed by atoms with Crippen LogP contribution in [0.4, 0.5) is 0 Å². The van der Waals surface area contributed by atoms with Crippen molar-refractivity contribution in [2.24, 2.45) is 0 Å². The Bertz CT molecular complexity index is 470. The molecule has 0 unspecified atom stereocenters. The lowest BCUT2D eigenvalue weighted by Crippen LogP contribution is -2.11. The Morgan fingerprint density at radius 1 is 1.50 bits per heavy atom. The van der Waals surface area contributed by atoms with Crippen molar-refractivity contribution in [2.45, 2.75) is 13.5 Å². The molecule has 0 aliphatic rings. The first-order chi connectivity index (χ1) is 7.81. The van der Waals surface area contributed by atoms with Gasteiger partial charge in [0, 0.05) is 18.1 Å². The summed E-state index contributed by atoms with van der Waals surface area (Å²) in [6, 6.07) is 3.65. The number of hydrogen-bond donors (Lipinski definition) is 1. The van der Waals surface area contributed by atoms with Crippen LogP contribution in [0.5, 0.6) is 0 Å². The van der Waals surface area contributed by atoms with Crippen molar-refractivity contribution in [3.63, 3.8) is 0 Å². The number of halogens is 1. The first kappa shape index (κ1) is 11.5. The zero-order valence-electron chi connectivity index (χ0n) is 8.90. The zero-order valence-corrected chi connectivity index (χ0v) is 10.5. The van der Waals surface area contributed by atoms with Crippen LogP contribution >= 0.6 is 22.9 Å². The van der Waals surface area contributed by atoms with Gasteiger partial charge >= 0.3 is 0 Å². The van der Waals surface area contributed by atoms with Gasteiger partial charge in [0.1, 0.15) is 10.7 Å². The van der Waals surface area contributed by atoms with Gasteiger partial charge in [-0.2, -0.15) is 0 Å². The molecule has 0 bridgehead atoms. The van der Waals surface area contributed by atoms with E-state index in [1.165, 1.54) is 0 Å². The fourth-order valence-electron chi connectivity index (χ4n) is 1.29. The molecule has 16 heavy (non-hydrogen) atoms. The third kappa shape index (κ3) is 2.58. The summed E-state index contributed by atoms with van der Waals surface area (Å²) in [4.78, 5) is 8.73. The maximum absolute atomic E-state index is 6.06. The third-order valence-corrected chi connectivity index (χ3v) is 3.27. The molecule has 2 rings (SSSR count). The molecular formula is C11H12ClN3S. The second-order valence-electron chi connectivity index (χ2n) is 3.26. The number of pyridine rings is 1. The van der Waals surface area contributed by atoms with E-state index < -0.39 is 0 Å². The molecule has 0 saturated heterocycles. The molecule has 0 aliphatic heterocycles. The van der Waals surface area contributed by atoms with Crippen LogP contribution in [0.3, 0.4) is 0 Å². The largest absolute Gasteiger partial charge is 0.311 e. The summed E-state index contributed by atoms with van der Waals surface area (Å²) in [7, 11) is 0. The van der Waals surface area contributed by atoms with Crippen LogP contribution in [0.25, 0.3) is 10.7 Å².